The highest BCUT2D eigenvalue weighted by molar-refractivity contribution is 7.89. The molecule has 1 saturated heterocycles. The quantitative estimate of drug-likeness (QED) is 0.573. The third kappa shape index (κ3) is 3.83. The van der Waals surface area contributed by atoms with Gasteiger partial charge in [0.1, 0.15) is 4.90 Å². The maximum Gasteiger partial charge on any atom is 0.246 e. The van der Waals surface area contributed by atoms with Gasteiger partial charge in [0, 0.05) is 50.3 Å². The molecule has 0 atom stereocenters. The van der Waals surface area contributed by atoms with E-state index in [1.807, 2.05) is 23.1 Å². The largest absolute Gasteiger partial charge is 0.282 e. The van der Waals surface area contributed by atoms with Gasteiger partial charge < -0.3 is 0 Å². The summed E-state index contributed by atoms with van der Waals surface area (Å²) in [7, 11) is -4.27. The zero-order chi connectivity index (χ0) is 21.3. The van der Waals surface area contributed by atoms with Gasteiger partial charge in [-0.2, -0.15) is 9.40 Å². The summed E-state index contributed by atoms with van der Waals surface area (Å²) in [4.78, 5) is 5.15. The summed E-state index contributed by atoms with van der Waals surface area (Å²) in [6, 6.07) is 6.98. The molecule has 0 unspecified atom stereocenters. The van der Waals surface area contributed by atoms with Crippen LogP contribution in [0.3, 0.4) is 0 Å². The van der Waals surface area contributed by atoms with Crippen LogP contribution in [0.4, 0.5) is 13.2 Å². The van der Waals surface area contributed by atoms with Crippen molar-refractivity contribution in [3.63, 3.8) is 0 Å². The second-order valence-corrected chi connectivity index (χ2v) is 8.70. The minimum Gasteiger partial charge on any atom is -0.282 e. The van der Waals surface area contributed by atoms with E-state index in [1.54, 1.807) is 23.3 Å². The van der Waals surface area contributed by atoms with Crippen LogP contribution in [-0.2, 0) is 16.7 Å². The molecule has 0 amide bonds. The molecule has 11 heteroatoms. The number of rotatable bonds is 5. The van der Waals surface area contributed by atoms with E-state index in [9.17, 15) is 21.6 Å². The number of hydrogen-bond acceptors (Lipinski definition) is 5. The van der Waals surface area contributed by atoms with E-state index in [0.29, 0.717) is 25.8 Å². The average Bonchev–Trinajstić information content (AvgIpc) is 3.21. The second-order valence-electron chi connectivity index (χ2n) is 6.79. The molecule has 1 aliphatic rings. The first kappa shape index (κ1) is 20.5. The topological polar surface area (TPSA) is 71.3 Å². The van der Waals surface area contributed by atoms with Gasteiger partial charge >= 0.3 is 0 Å². The number of hydrogen-bond donors (Lipinski definition) is 0. The number of sulfonamides is 1. The van der Waals surface area contributed by atoms with E-state index in [-0.39, 0.29) is 13.1 Å². The van der Waals surface area contributed by atoms with Crippen molar-refractivity contribution in [3.05, 3.63) is 66.4 Å². The van der Waals surface area contributed by atoms with Crippen molar-refractivity contribution in [1.29, 1.82) is 0 Å². The molecule has 0 aliphatic carbocycles. The van der Waals surface area contributed by atoms with Crippen LogP contribution in [0, 0.1) is 17.5 Å². The molecule has 0 spiro atoms. The Morgan fingerprint density at radius 3 is 2.27 bits per heavy atom. The van der Waals surface area contributed by atoms with Crippen molar-refractivity contribution in [3.8, 4) is 11.3 Å². The van der Waals surface area contributed by atoms with E-state index in [2.05, 4.69) is 10.1 Å². The lowest BCUT2D eigenvalue weighted by Crippen LogP contribution is -2.49. The van der Waals surface area contributed by atoms with Crippen molar-refractivity contribution >= 4 is 10.0 Å². The van der Waals surface area contributed by atoms with Crippen molar-refractivity contribution < 1.29 is 21.6 Å². The zero-order valence-electron chi connectivity index (χ0n) is 15.7. The molecule has 3 heterocycles. The van der Waals surface area contributed by atoms with Crippen LogP contribution >= 0.6 is 0 Å². The van der Waals surface area contributed by atoms with Gasteiger partial charge in [-0.25, -0.2) is 21.6 Å². The highest BCUT2D eigenvalue weighted by Gasteiger charge is 2.32. The van der Waals surface area contributed by atoms with Crippen molar-refractivity contribution in [2.24, 2.45) is 0 Å². The third-order valence-electron chi connectivity index (χ3n) is 4.98. The van der Waals surface area contributed by atoms with Crippen LogP contribution in [0.5, 0.6) is 0 Å². The van der Waals surface area contributed by atoms with E-state index in [1.165, 1.54) is 0 Å². The summed E-state index contributed by atoms with van der Waals surface area (Å²) in [5.74, 6) is -4.92. The van der Waals surface area contributed by atoms with Crippen LogP contribution in [0.25, 0.3) is 11.3 Å². The Balaban J connectivity index is 1.45. The van der Waals surface area contributed by atoms with Gasteiger partial charge in [0.25, 0.3) is 0 Å². The second kappa shape index (κ2) is 8.17. The van der Waals surface area contributed by atoms with Crippen LogP contribution in [0.1, 0.15) is 0 Å². The molecule has 1 fully saturated rings. The first-order valence-electron chi connectivity index (χ1n) is 9.16. The molecule has 30 heavy (non-hydrogen) atoms. The Bertz CT molecular complexity index is 1150. The van der Waals surface area contributed by atoms with Crippen LogP contribution in [0.2, 0.25) is 0 Å². The van der Waals surface area contributed by atoms with E-state index in [0.717, 1.165) is 21.6 Å². The summed E-state index contributed by atoms with van der Waals surface area (Å²) in [6.45, 7) is 1.37. The Hall–Kier alpha value is -2.76. The molecule has 0 radical (unpaired) electrons. The number of halogens is 3. The fourth-order valence-corrected chi connectivity index (χ4v) is 4.84. The smallest absolute Gasteiger partial charge is 0.246 e. The normalized spacial score (nSPS) is 16.1. The van der Waals surface area contributed by atoms with Crippen molar-refractivity contribution in [2.75, 3.05) is 26.2 Å². The van der Waals surface area contributed by atoms with Crippen molar-refractivity contribution in [2.45, 2.75) is 11.6 Å². The molecular formula is C19H18F3N5O2S. The summed E-state index contributed by atoms with van der Waals surface area (Å²) in [5, 5.41) is 4.33. The Morgan fingerprint density at radius 1 is 0.867 bits per heavy atom. The lowest BCUT2D eigenvalue weighted by Gasteiger charge is -2.34. The van der Waals surface area contributed by atoms with Crippen molar-refractivity contribution in [1.82, 2.24) is 24.0 Å². The van der Waals surface area contributed by atoms with Gasteiger partial charge in [0.05, 0.1) is 12.4 Å². The predicted molar refractivity (Wildman–Crippen MR) is 102 cm³/mol. The fraction of sp³-hybridized carbons (Fsp3) is 0.263. The molecule has 0 bridgehead atoms. The zero-order valence-corrected chi connectivity index (χ0v) is 16.6. The fourth-order valence-electron chi connectivity index (χ4n) is 3.36. The molecule has 1 aliphatic heterocycles. The summed E-state index contributed by atoms with van der Waals surface area (Å²) in [6.07, 6.45) is 5.06. The lowest BCUT2D eigenvalue weighted by molar-refractivity contribution is 0.146. The summed E-state index contributed by atoms with van der Waals surface area (Å²) >= 11 is 0. The van der Waals surface area contributed by atoms with Gasteiger partial charge in [-0.3, -0.25) is 14.6 Å². The summed E-state index contributed by atoms with van der Waals surface area (Å²) < 4.78 is 68.9. The summed E-state index contributed by atoms with van der Waals surface area (Å²) in [5.41, 5.74) is 1.86. The molecule has 1 aromatic carbocycles. The number of piperazine rings is 1. The van der Waals surface area contributed by atoms with Crippen LogP contribution in [0.15, 0.2) is 53.8 Å². The lowest BCUT2D eigenvalue weighted by atomic mass is 10.2. The van der Waals surface area contributed by atoms with E-state index >= 15 is 0 Å². The standard InChI is InChI=1S/C19H18F3N5O2S/c20-15-1-2-17(19(22)18(15)21)30(28,29)26-11-9-25(10-12-26)13-27-16(5-8-24-27)14-3-6-23-7-4-14/h1-8H,9-13H2. The van der Waals surface area contributed by atoms with Gasteiger partial charge in [-0.15, -0.1) is 0 Å². The number of nitrogens with zero attached hydrogens (tertiary/aromatic N) is 5. The maximum atomic E-state index is 14.0. The minimum atomic E-state index is -4.27. The first-order valence-corrected chi connectivity index (χ1v) is 10.6. The first-order chi connectivity index (χ1) is 14.4. The maximum absolute atomic E-state index is 14.0. The molecular weight excluding hydrogens is 419 g/mol. The van der Waals surface area contributed by atoms with Crippen LogP contribution < -0.4 is 0 Å². The Kier molecular flexibility index (Phi) is 5.58. The molecule has 3 aromatic rings. The Morgan fingerprint density at radius 2 is 1.57 bits per heavy atom. The highest BCUT2D eigenvalue weighted by atomic mass is 32.2. The van der Waals surface area contributed by atoms with E-state index < -0.39 is 32.4 Å². The van der Waals surface area contributed by atoms with Gasteiger partial charge in [0.2, 0.25) is 10.0 Å². The molecule has 7 nitrogen and oxygen atoms in total. The van der Waals surface area contributed by atoms with Gasteiger partial charge in [0.15, 0.2) is 17.5 Å². The predicted octanol–water partition coefficient (Wildman–Crippen LogP) is 2.33. The third-order valence-corrected chi connectivity index (χ3v) is 6.89. The average molecular weight is 437 g/mol. The molecule has 2 aromatic heterocycles. The molecule has 0 saturated carbocycles. The van der Waals surface area contributed by atoms with Gasteiger partial charge in [-0.1, -0.05) is 0 Å². The molecule has 0 N–H and O–H groups in total. The monoisotopic (exact) mass is 437 g/mol. The highest BCUT2D eigenvalue weighted by Crippen LogP contribution is 2.24. The Labute approximate surface area is 171 Å². The SMILES string of the molecule is O=S(=O)(c1ccc(F)c(F)c1F)N1CCN(Cn2nccc2-c2ccncc2)CC1. The number of pyridine rings is 1. The molecule has 158 valence electrons. The van der Waals surface area contributed by atoms with Crippen LogP contribution in [-0.4, -0.2) is 58.6 Å². The minimum absolute atomic E-state index is 0.0899. The number of benzene rings is 1. The van der Waals surface area contributed by atoms with Gasteiger partial charge in [-0.05, 0) is 30.3 Å². The number of aromatic nitrogens is 3. The molecule has 4 rings (SSSR count). The van der Waals surface area contributed by atoms with E-state index in [4.69, 9.17) is 0 Å².